The molecule has 0 aromatic carbocycles. The quantitative estimate of drug-likeness (QED) is 0.437. The smallest absolute Gasteiger partial charge is 0.410 e. The summed E-state index contributed by atoms with van der Waals surface area (Å²) in [6.07, 6.45) is 5.76. The lowest BCUT2D eigenvalue weighted by Gasteiger charge is -2.33. The molecule has 2 aromatic heterocycles. The molecule has 3 heterocycles. The van der Waals surface area contributed by atoms with Gasteiger partial charge in [-0.25, -0.2) is 9.78 Å². The number of halogens is 1. The van der Waals surface area contributed by atoms with E-state index in [-0.39, 0.29) is 23.8 Å². The van der Waals surface area contributed by atoms with Gasteiger partial charge in [-0.3, -0.25) is 19.5 Å². The number of Topliss-reactive ketones (excluding diaryl/α,β-unsaturated/α-hetero) is 1. The summed E-state index contributed by atoms with van der Waals surface area (Å²) in [5, 5.41) is 7.00. The van der Waals surface area contributed by atoms with Gasteiger partial charge >= 0.3 is 6.09 Å². The van der Waals surface area contributed by atoms with E-state index in [1.165, 1.54) is 6.92 Å². The maximum atomic E-state index is 13.0. The zero-order valence-corrected chi connectivity index (χ0v) is 22.0. The van der Waals surface area contributed by atoms with Crippen molar-refractivity contribution < 1.29 is 19.1 Å². The molecular weight excluding hydrogens is 482 g/mol. The predicted octanol–water partition coefficient (Wildman–Crippen LogP) is 4.72. The summed E-state index contributed by atoms with van der Waals surface area (Å²) in [7, 11) is 0. The first-order valence-electron chi connectivity index (χ1n) is 12.5. The SMILES string of the molecule is CC(=O)c1cnc2ccc(Cl)nc2c1N[C@H]1CC[C@H](NC(=O)[C@@H]2CCCN2C(=O)OC(C)(C)C)CC1. The predicted molar refractivity (Wildman–Crippen MR) is 138 cm³/mol. The lowest BCUT2D eigenvalue weighted by molar-refractivity contribution is -0.126. The van der Waals surface area contributed by atoms with Crippen LogP contribution in [-0.2, 0) is 9.53 Å². The molecule has 0 bridgehead atoms. The molecule has 10 heteroatoms. The molecule has 36 heavy (non-hydrogen) atoms. The van der Waals surface area contributed by atoms with Crippen molar-refractivity contribution in [2.24, 2.45) is 0 Å². The fourth-order valence-corrected chi connectivity index (χ4v) is 5.06. The van der Waals surface area contributed by atoms with Crippen molar-refractivity contribution in [2.45, 2.75) is 89.9 Å². The van der Waals surface area contributed by atoms with Gasteiger partial charge in [0, 0.05) is 24.8 Å². The van der Waals surface area contributed by atoms with E-state index in [0.717, 1.165) is 32.1 Å². The highest BCUT2D eigenvalue weighted by atomic mass is 35.5. The maximum Gasteiger partial charge on any atom is 0.410 e. The number of likely N-dealkylation sites (tertiary alicyclic amines) is 1. The van der Waals surface area contributed by atoms with Crippen LogP contribution in [0, 0.1) is 0 Å². The summed E-state index contributed by atoms with van der Waals surface area (Å²) in [4.78, 5) is 48.1. The van der Waals surface area contributed by atoms with Crippen LogP contribution < -0.4 is 10.6 Å². The van der Waals surface area contributed by atoms with Crippen LogP contribution in [0.1, 0.15) is 76.6 Å². The fourth-order valence-electron chi connectivity index (χ4n) is 4.92. The van der Waals surface area contributed by atoms with Crippen molar-refractivity contribution in [1.29, 1.82) is 0 Å². The Hall–Kier alpha value is -2.94. The standard InChI is InChI=1S/C26H34ClN5O4/c1-15(33)18-14-28-19-11-12-21(27)31-23(19)22(18)29-16-7-9-17(10-8-16)30-24(34)20-6-5-13-32(20)25(35)36-26(2,3)4/h11-12,14,16-17,20H,5-10,13H2,1-4H3,(H,28,29)(H,30,34)/t16-,17-,20-/m0/s1. The normalized spacial score (nSPS) is 22.4. The van der Waals surface area contributed by atoms with Gasteiger partial charge in [0.15, 0.2) is 5.78 Å². The summed E-state index contributed by atoms with van der Waals surface area (Å²) in [6.45, 7) is 7.50. The summed E-state index contributed by atoms with van der Waals surface area (Å²) in [6, 6.07) is 3.12. The number of carbonyl (C=O) groups is 3. The third-order valence-corrected chi connectivity index (χ3v) is 6.87. The molecule has 0 spiro atoms. The van der Waals surface area contributed by atoms with Crippen LogP contribution in [0.15, 0.2) is 18.3 Å². The van der Waals surface area contributed by atoms with Crippen molar-refractivity contribution in [3.63, 3.8) is 0 Å². The fraction of sp³-hybridized carbons (Fsp3) is 0.577. The lowest BCUT2D eigenvalue weighted by atomic mass is 9.90. The number of hydrogen-bond donors (Lipinski definition) is 2. The van der Waals surface area contributed by atoms with E-state index in [2.05, 4.69) is 20.6 Å². The zero-order valence-electron chi connectivity index (χ0n) is 21.3. The van der Waals surface area contributed by atoms with Crippen LogP contribution in [0.25, 0.3) is 11.0 Å². The van der Waals surface area contributed by atoms with Crippen LogP contribution in [0.5, 0.6) is 0 Å². The Bertz CT molecular complexity index is 1160. The van der Waals surface area contributed by atoms with Crippen LogP contribution in [0.4, 0.5) is 10.5 Å². The second-order valence-electron chi connectivity index (χ2n) is 10.6. The highest BCUT2D eigenvalue weighted by Crippen LogP contribution is 2.30. The molecule has 4 rings (SSSR count). The molecule has 1 aliphatic carbocycles. The largest absolute Gasteiger partial charge is 0.444 e. The molecule has 2 N–H and O–H groups in total. The molecule has 2 amide bonds. The van der Waals surface area contributed by atoms with Gasteiger partial charge in [-0.15, -0.1) is 0 Å². The van der Waals surface area contributed by atoms with Gasteiger partial charge in [-0.1, -0.05) is 11.6 Å². The summed E-state index contributed by atoms with van der Waals surface area (Å²) >= 11 is 6.12. The first kappa shape index (κ1) is 26.1. The van der Waals surface area contributed by atoms with Crippen molar-refractivity contribution in [3.8, 4) is 0 Å². The van der Waals surface area contributed by atoms with Crippen LogP contribution in [0.3, 0.4) is 0 Å². The summed E-state index contributed by atoms with van der Waals surface area (Å²) < 4.78 is 5.48. The number of fused-ring (bicyclic) bond motifs is 1. The minimum absolute atomic E-state index is 0.0330. The molecule has 1 atom stereocenters. The molecular formula is C26H34ClN5O4. The number of aromatic nitrogens is 2. The first-order chi connectivity index (χ1) is 17.0. The van der Waals surface area contributed by atoms with Gasteiger partial charge in [0.05, 0.1) is 16.8 Å². The van der Waals surface area contributed by atoms with Crippen molar-refractivity contribution in [2.75, 3.05) is 11.9 Å². The van der Waals surface area contributed by atoms with Crippen molar-refractivity contribution in [1.82, 2.24) is 20.2 Å². The Morgan fingerprint density at radius 2 is 1.78 bits per heavy atom. The van der Waals surface area contributed by atoms with Gasteiger partial charge in [-0.05, 0) is 78.4 Å². The summed E-state index contributed by atoms with van der Waals surface area (Å²) in [5.74, 6) is -0.215. The Kier molecular flexibility index (Phi) is 7.68. The minimum atomic E-state index is -0.602. The number of nitrogens with one attached hydrogen (secondary N) is 2. The Morgan fingerprint density at radius 1 is 1.08 bits per heavy atom. The molecule has 1 aliphatic heterocycles. The number of pyridine rings is 2. The van der Waals surface area contributed by atoms with E-state index in [1.54, 1.807) is 23.2 Å². The second kappa shape index (κ2) is 10.6. The number of ether oxygens (including phenoxy) is 1. The van der Waals surface area contributed by atoms with Crippen LogP contribution >= 0.6 is 11.6 Å². The van der Waals surface area contributed by atoms with E-state index in [9.17, 15) is 14.4 Å². The molecule has 2 aliphatic rings. The molecule has 1 saturated carbocycles. The Morgan fingerprint density at radius 3 is 2.44 bits per heavy atom. The van der Waals surface area contributed by atoms with Gasteiger partial charge in [0.1, 0.15) is 22.3 Å². The number of ketones is 1. The van der Waals surface area contributed by atoms with Crippen molar-refractivity contribution in [3.05, 3.63) is 29.0 Å². The third-order valence-electron chi connectivity index (χ3n) is 6.66. The third kappa shape index (κ3) is 6.06. The highest BCUT2D eigenvalue weighted by molar-refractivity contribution is 6.30. The van der Waals surface area contributed by atoms with E-state index < -0.39 is 17.7 Å². The van der Waals surface area contributed by atoms with Gasteiger partial charge in [0.25, 0.3) is 0 Å². The number of nitrogens with zero attached hydrogens (tertiary/aromatic N) is 3. The molecule has 2 fully saturated rings. The number of rotatable bonds is 5. The average Bonchev–Trinajstić information content (AvgIpc) is 3.30. The van der Waals surface area contributed by atoms with Gasteiger partial charge in [-0.2, -0.15) is 0 Å². The highest BCUT2D eigenvalue weighted by Gasteiger charge is 2.37. The van der Waals surface area contributed by atoms with E-state index in [4.69, 9.17) is 16.3 Å². The lowest BCUT2D eigenvalue weighted by Crippen LogP contribution is -2.50. The monoisotopic (exact) mass is 515 g/mol. The molecule has 2 aromatic rings. The molecule has 0 radical (unpaired) electrons. The molecule has 0 unspecified atom stereocenters. The Labute approximate surface area is 216 Å². The van der Waals surface area contributed by atoms with Crippen LogP contribution in [0.2, 0.25) is 5.15 Å². The Balaban J connectivity index is 1.37. The zero-order chi connectivity index (χ0) is 26.0. The molecule has 9 nitrogen and oxygen atoms in total. The van der Waals surface area contributed by atoms with E-state index in [0.29, 0.717) is 40.4 Å². The first-order valence-corrected chi connectivity index (χ1v) is 12.9. The topological polar surface area (TPSA) is 114 Å². The number of amides is 2. The minimum Gasteiger partial charge on any atom is -0.444 e. The second-order valence-corrected chi connectivity index (χ2v) is 11.0. The van der Waals surface area contributed by atoms with Gasteiger partial charge < -0.3 is 15.4 Å². The van der Waals surface area contributed by atoms with E-state index >= 15 is 0 Å². The molecule has 194 valence electrons. The van der Waals surface area contributed by atoms with Crippen LogP contribution in [-0.4, -0.2) is 62.9 Å². The maximum absolute atomic E-state index is 13.0. The van der Waals surface area contributed by atoms with E-state index in [1.807, 2.05) is 20.8 Å². The average molecular weight is 516 g/mol. The number of anilines is 1. The number of carbonyl (C=O) groups excluding carboxylic acids is 3. The molecule has 1 saturated heterocycles. The number of hydrogen-bond acceptors (Lipinski definition) is 7. The van der Waals surface area contributed by atoms with Crippen molar-refractivity contribution >= 4 is 46.1 Å². The van der Waals surface area contributed by atoms with Gasteiger partial charge in [0.2, 0.25) is 5.91 Å². The summed E-state index contributed by atoms with van der Waals surface area (Å²) in [5.41, 5.74) is 1.78.